The highest BCUT2D eigenvalue weighted by atomic mass is 19.4. The molecule has 2 aromatic carbocycles. The van der Waals surface area contributed by atoms with E-state index in [1.165, 1.54) is 47.0 Å². The van der Waals surface area contributed by atoms with Crippen molar-refractivity contribution < 1.29 is 37.0 Å². The molecule has 1 amide bonds. The molecule has 176 valence electrons. The molecule has 0 aliphatic rings. The number of hydrogen-bond acceptors (Lipinski definition) is 3. The zero-order chi connectivity index (χ0) is 24.3. The molecule has 3 rings (SSSR count). The maximum Gasteiger partial charge on any atom is 0.416 e. The Kier molecular flexibility index (Phi) is 7.06. The highest BCUT2D eigenvalue weighted by Gasteiger charge is 2.31. The molecule has 6 nitrogen and oxygen atoms in total. The van der Waals surface area contributed by atoms with Crippen molar-refractivity contribution in [1.82, 2.24) is 9.47 Å². The summed E-state index contributed by atoms with van der Waals surface area (Å²) in [6, 6.07) is 6.85. The molecule has 0 aliphatic heterocycles. The average molecular weight is 466 g/mol. The Balaban J connectivity index is 2.21. The van der Waals surface area contributed by atoms with Crippen molar-refractivity contribution in [3.05, 3.63) is 59.5 Å². The fourth-order valence-electron chi connectivity index (χ4n) is 3.72. The third-order valence-corrected chi connectivity index (χ3v) is 5.23. The number of rotatable bonds is 8. The van der Waals surface area contributed by atoms with Crippen LogP contribution in [0.5, 0.6) is 0 Å². The topological polar surface area (TPSA) is 71.8 Å². The van der Waals surface area contributed by atoms with Crippen molar-refractivity contribution in [1.29, 1.82) is 0 Å². The summed E-state index contributed by atoms with van der Waals surface area (Å²) < 4.78 is 60.4. The van der Waals surface area contributed by atoms with E-state index >= 15 is 0 Å². The molecule has 10 heteroatoms. The van der Waals surface area contributed by atoms with Gasteiger partial charge < -0.3 is 19.3 Å². The second kappa shape index (κ2) is 9.62. The van der Waals surface area contributed by atoms with E-state index in [1.807, 2.05) is 0 Å². The lowest BCUT2D eigenvalue weighted by Crippen LogP contribution is -2.33. The number of halogens is 4. The van der Waals surface area contributed by atoms with Crippen LogP contribution in [0.2, 0.25) is 0 Å². The Morgan fingerprint density at radius 2 is 1.85 bits per heavy atom. The smallest absolute Gasteiger partial charge is 0.416 e. The monoisotopic (exact) mass is 466 g/mol. The van der Waals surface area contributed by atoms with Crippen molar-refractivity contribution in [3.8, 4) is 11.1 Å². The summed E-state index contributed by atoms with van der Waals surface area (Å²) in [6.07, 6.45) is -3.17. The Bertz CT molecular complexity index is 1190. The van der Waals surface area contributed by atoms with E-state index in [-0.39, 0.29) is 24.4 Å². The van der Waals surface area contributed by atoms with E-state index in [9.17, 15) is 32.3 Å². The van der Waals surface area contributed by atoms with Crippen LogP contribution in [0.3, 0.4) is 0 Å². The van der Waals surface area contributed by atoms with Gasteiger partial charge in [0.05, 0.1) is 5.56 Å². The van der Waals surface area contributed by atoms with Crippen LogP contribution in [0.15, 0.2) is 42.6 Å². The Hall–Kier alpha value is -3.40. The van der Waals surface area contributed by atoms with Gasteiger partial charge in [-0.05, 0) is 48.4 Å². The van der Waals surface area contributed by atoms with Crippen molar-refractivity contribution >= 4 is 22.8 Å². The fraction of sp³-hybridized carbons (Fsp3) is 0.304. The number of benzene rings is 2. The van der Waals surface area contributed by atoms with E-state index in [0.717, 1.165) is 12.1 Å². The predicted octanol–water partition coefficient (Wildman–Crippen LogP) is 4.55. The molecule has 0 fully saturated rings. The number of carboxylic acid groups (broad SMARTS) is 1. The maximum atomic E-state index is 14.1. The molecule has 0 aliphatic carbocycles. The SMILES string of the molecule is CCN(Cc1cc(F)ccc1-c1cn(CC(=O)O)c2ccc(C(F)(F)F)cc12)C(=O)COC. The second-order valence-corrected chi connectivity index (χ2v) is 7.44. The van der Waals surface area contributed by atoms with Gasteiger partial charge in [-0.25, -0.2) is 4.39 Å². The number of carboxylic acids is 1. The van der Waals surface area contributed by atoms with Gasteiger partial charge in [0.15, 0.2) is 0 Å². The zero-order valence-corrected chi connectivity index (χ0v) is 17.9. The van der Waals surface area contributed by atoms with Gasteiger partial charge >= 0.3 is 12.1 Å². The largest absolute Gasteiger partial charge is 0.480 e. The van der Waals surface area contributed by atoms with Crippen LogP contribution in [0.25, 0.3) is 22.0 Å². The van der Waals surface area contributed by atoms with Gasteiger partial charge in [-0.3, -0.25) is 9.59 Å². The number of nitrogens with zero attached hydrogens (tertiary/aromatic N) is 2. The molecule has 0 saturated carbocycles. The molecule has 0 spiro atoms. The van der Waals surface area contributed by atoms with Crippen molar-refractivity contribution in [3.63, 3.8) is 0 Å². The normalized spacial score (nSPS) is 11.7. The second-order valence-electron chi connectivity index (χ2n) is 7.44. The fourth-order valence-corrected chi connectivity index (χ4v) is 3.72. The zero-order valence-electron chi connectivity index (χ0n) is 17.9. The van der Waals surface area contributed by atoms with Crippen LogP contribution >= 0.6 is 0 Å². The van der Waals surface area contributed by atoms with Gasteiger partial charge in [-0.1, -0.05) is 6.07 Å². The molecular weight excluding hydrogens is 444 g/mol. The van der Waals surface area contributed by atoms with Gasteiger partial charge in [-0.15, -0.1) is 0 Å². The summed E-state index contributed by atoms with van der Waals surface area (Å²) >= 11 is 0. The van der Waals surface area contributed by atoms with E-state index in [0.29, 0.717) is 28.8 Å². The number of aromatic nitrogens is 1. The van der Waals surface area contributed by atoms with Crippen LogP contribution < -0.4 is 0 Å². The maximum absolute atomic E-state index is 14.1. The van der Waals surface area contributed by atoms with Crippen molar-refractivity contribution in [2.24, 2.45) is 0 Å². The molecule has 33 heavy (non-hydrogen) atoms. The highest BCUT2D eigenvalue weighted by Crippen LogP contribution is 2.38. The highest BCUT2D eigenvalue weighted by molar-refractivity contribution is 5.98. The number of ether oxygens (including phenoxy) is 1. The Morgan fingerprint density at radius 1 is 1.12 bits per heavy atom. The predicted molar refractivity (Wildman–Crippen MR) is 113 cm³/mol. The standard InChI is InChI=1S/C23H22F4N2O4/c1-3-28(21(30)13-33-2)10-14-8-16(24)5-6-17(14)19-11-29(12-22(31)32)20-7-4-15(9-18(19)20)23(25,26)27/h4-9,11H,3,10,12-13H2,1-2H3,(H,31,32). The van der Waals surface area contributed by atoms with Crippen molar-refractivity contribution in [2.75, 3.05) is 20.3 Å². The number of carbonyl (C=O) groups is 2. The van der Waals surface area contributed by atoms with Gasteiger partial charge in [0, 0.05) is 42.9 Å². The van der Waals surface area contributed by atoms with Crippen LogP contribution in [0.4, 0.5) is 17.6 Å². The summed E-state index contributed by atoms with van der Waals surface area (Å²) in [6.45, 7) is 1.39. The summed E-state index contributed by atoms with van der Waals surface area (Å²) in [5.74, 6) is -2.07. The number of carbonyl (C=O) groups excluding carboxylic acids is 1. The van der Waals surface area contributed by atoms with E-state index in [2.05, 4.69) is 0 Å². The quantitative estimate of drug-likeness (QED) is 0.495. The Labute approximate surface area is 187 Å². The first-order chi connectivity index (χ1) is 15.5. The van der Waals surface area contributed by atoms with Crippen LogP contribution in [0.1, 0.15) is 18.1 Å². The molecule has 3 aromatic rings. The molecule has 0 radical (unpaired) electrons. The van der Waals surface area contributed by atoms with Gasteiger partial charge in [0.2, 0.25) is 5.91 Å². The van der Waals surface area contributed by atoms with Crippen LogP contribution in [-0.4, -0.2) is 46.7 Å². The molecular formula is C23H22F4N2O4. The van der Waals surface area contributed by atoms with E-state index < -0.39 is 30.1 Å². The summed E-state index contributed by atoms with van der Waals surface area (Å²) in [5.41, 5.74) is 0.473. The molecule has 0 saturated heterocycles. The first-order valence-electron chi connectivity index (χ1n) is 10.0. The average Bonchev–Trinajstić information content (AvgIpc) is 3.08. The number of methoxy groups -OCH3 is 1. The number of amides is 1. The molecule has 0 bridgehead atoms. The van der Waals surface area contributed by atoms with E-state index in [1.54, 1.807) is 6.92 Å². The molecule has 0 unspecified atom stereocenters. The van der Waals surface area contributed by atoms with Gasteiger partial charge in [0.1, 0.15) is 19.0 Å². The first-order valence-corrected chi connectivity index (χ1v) is 10.0. The number of hydrogen-bond donors (Lipinski definition) is 1. The molecule has 1 aromatic heterocycles. The van der Waals surface area contributed by atoms with Crippen LogP contribution in [-0.2, 0) is 33.6 Å². The van der Waals surface area contributed by atoms with Gasteiger partial charge in [0.25, 0.3) is 0 Å². The van der Waals surface area contributed by atoms with Crippen molar-refractivity contribution in [2.45, 2.75) is 26.2 Å². The minimum atomic E-state index is -4.60. The third-order valence-electron chi connectivity index (χ3n) is 5.23. The lowest BCUT2D eigenvalue weighted by atomic mass is 9.97. The van der Waals surface area contributed by atoms with Gasteiger partial charge in [-0.2, -0.15) is 13.2 Å². The first kappa shape index (κ1) is 24.2. The molecule has 1 N–H and O–H groups in total. The number of likely N-dealkylation sites (N-methyl/N-ethyl adjacent to an activating group) is 1. The number of aliphatic carboxylic acids is 1. The number of fused-ring (bicyclic) bond motifs is 1. The number of alkyl halides is 3. The minimum Gasteiger partial charge on any atom is -0.480 e. The summed E-state index contributed by atoms with van der Waals surface area (Å²) in [4.78, 5) is 25.1. The lowest BCUT2D eigenvalue weighted by molar-refractivity contribution is -0.138. The molecule has 0 atom stereocenters. The lowest BCUT2D eigenvalue weighted by Gasteiger charge is -2.22. The molecule has 1 heterocycles. The van der Waals surface area contributed by atoms with Crippen LogP contribution in [0, 0.1) is 5.82 Å². The summed E-state index contributed by atoms with van der Waals surface area (Å²) in [5, 5.41) is 9.41. The minimum absolute atomic E-state index is 0.00362. The third kappa shape index (κ3) is 5.33. The summed E-state index contributed by atoms with van der Waals surface area (Å²) in [7, 11) is 1.37. The van der Waals surface area contributed by atoms with E-state index in [4.69, 9.17) is 4.74 Å². The Morgan fingerprint density at radius 3 is 2.45 bits per heavy atom.